The van der Waals surface area contributed by atoms with Crippen LogP contribution >= 0.6 is 0 Å². The quantitative estimate of drug-likeness (QED) is 0.503. The number of ether oxygens (including phenoxy) is 1. The van der Waals surface area contributed by atoms with E-state index in [-0.39, 0.29) is 29.2 Å². The highest BCUT2D eigenvalue weighted by molar-refractivity contribution is 6.06. The van der Waals surface area contributed by atoms with Crippen LogP contribution in [0.25, 0.3) is 0 Å². The lowest BCUT2D eigenvalue weighted by molar-refractivity contribution is 0.0827. The van der Waals surface area contributed by atoms with Gasteiger partial charge in [0.05, 0.1) is 0 Å². The SMILES string of the molecule is C=NC(=N)C(N=C(C)c1ccc(C(=O)N(C)C)cc1)=C1NN=C(c2ccnc(N)c2)O1. The third-order valence-corrected chi connectivity index (χ3v) is 4.32. The largest absolute Gasteiger partial charge is 0.417 e. The minimum atomic E-state index is -0.188. The second kappa shape index (κ2) is 8.99. The van der Waals surface area contributed by atoms with Crippen molar-refractivity contribution in [2.75, 3.05) is 19.8 Å². The maximum atomic E-state index is 12.1. The number of hydrogen-bond donors (Lipinski definition) is 3. The number of hydrazone groups is 1. The molecule has 0 unspecified atom stereocenters. The number of nitrogen functional groups attached to an aromatic ring is 1. The number of amides is 1. The first kappa shape index (κ1) is 21.4. The Bertz CT molecular complexity index is 1130. The third kappa shape index (κ3) is 4.81. The van der Waals surface area contributed by atoms with E-state index in [0.29, 0.717) is 22.7 Å². The number of aliphatic imine (C=N–C) groups is 2. The van der Waals surface area contributed by atoms with Crippen LogP contribution in [0.2, 0.25) is 0 Å². The van der Waals surface area contributed by atoms with Crippen molar-refractivity contribution in [3.8, 4) is 0 Å². The molecule has 1 aromatic heterocycles. The molecule has 10 heteroatoms. The van der Waals surface area contributed by atoms with E-state index in [0.717, 1.165) is 5.56 Å². The lowest BCUT2D eigenvalue weighted by Gasteiger charge is -2.11. The average Bonchev–Trinajstić information content (AvgIpc) is 3.26. The maximum Gasteiger partial charge on any atom is 0.253 e. The normalized spacial score (nSPS) is 14.8. The Morgan fingerprint density at radius 2 is 1.90 bits per heavy atom. The summed E-state index contributed by atoms with van der Waals surface area (Å²) >= 11 is 0. The van der Waals surface area contributed by atoms with Gasteiger partial charge >= 0.3 is 0 Å². The van der Waals surface area contributed by atoms with E-state index in [1.165, 1.54) is 4.90 Å². The van der Waals surface area contributed by atoms with Crippen LogP contribution in [0.15, 0.2) is 69.3 Å². The second-order valence-electron chi connectivity index (χ2n) is 6.76. The number of hydrogen-bond acceptors (Lipinski definition) is 8. The summed E-state index contributed by atoms with van der Waals surface area (Å²) in [6.45, 7) is 5.18. The van der Waals surface area contributed by atoms with Crippen LogP contribution in [-0.4, -0.2) is 54.0 Å². The monoisotopic (exact) mass is 418 g/mol. The maximum absolute atomic E-state index is 12.1. The summed E-state index contributed by atoms with van der Waals surface area (Å²) in [5.74, 6) is 0.449. The molecule has 0 aliphatic carbocycles. The summed E-state index contributed by atoms with van der Waals surface area (Å²) in [5.41, 5.74) is 11.1. The number of benzene rings is 1. The third-order valence-electron chi connectivity index (χ3n) is 4.32. The van der Waals surface area contributed by atoms with Gasteiger partial charge in [-0.2, -0.15) is 0 Å². The fourth-order valence-electron chi connectivity index (χ4n) is 2.68. The molecule has 1 aliphatic rings. The van der Waals surface area contributed by atoms with E-state index in [1.807, 2.05) is 0 Å². The Morgan fingerprint density at radius 1 is 1.23 bits per heavy atom. The molecule has 158 valence electrons. The summed E-state index contributed by atoms with van der Waals surface area (Å²) in [5, 5.41) is 12.2. The van der Waals surface area contributed by atoms with Gasteiger partial charge in [-0.3, -0.25) is 10.2 Å². The predicted molar refractivity (Wildman–Crippen MR) is 120 cm³/mol. The number of carbonyl (C=O) groups is 1. The molecule has 0 fully saturated rings. The number of amidine groups is 1. The van der Waals surface area contributed by atoms with Crippen LogP contribution in [-0.2, 0) is 4.74 Å². The molecule has 0 saturated heterocycles. The molecular formula is C21H22N8O2. The van der Waals surface area contributed by atoms with Gasteiger partial charge in [0.25, 0.3) is 5.91 Å². The van der Waals surface area contributed by atoms with Gasteiger partial charge < -0.3 is 15.4 Å². The van der Waals surface area contributed by atoms with Gasteiger partial charge in [0.15, 0.2) is 11.5 Å². The highest BCUT2D eigenvalue weighted by Crippen LogP contribution is 2.19. The van der Waals surface area contributed by atoms with Crippen molar-refractivity contribution in [2.24, 2.45) is 15.1 Å². The topological polar surface area (TPSA) is 141 Å². The molecular weight excluding hydrogens is 396 g/mol. The van der Waals surface area contributed by atoms with Crippen molar-refractivity contribution in [3.63, 3.8) is 0 Å². The van der Waals surface area contributed by atoms with E-state index < -0.39 is 0 Å². The number of carbonyl (C=O) groups excluding carboxylic acids is 1. The Kier molecular flexibility index (Phi) is 6.20. The lowest BCUT2D eigenvalue weighted by Crippen LogP contribution is -2.21. The number of nitrogens with two attached hydrogens (primary N) is 1. The first-order valence-corrected chi connectivity index (χ1v) is 9.21. The van der Waals surface area contributed by atoms with Crippen molar-refractivity contribution in [1.29, 1.82) is 5.41 Å². The number of rotatable bonds is 5. The highest BCUT2D eigenvalue weighted by atomic mass is 16.5. The lowest BCUT2D eigenvalue weighted by atomic mass is 10.1. The predicted octanol–water partition coefficient (Wildman–Crippen LogP) is 2.00. The van der Waals surface area contributed by atoms with Crippen LogP contribution in [0, 0.1) is 5.41 Å². The first-order valence-electron chi connectivity index (χ1n) is 9.21. The highest BCUT2D eigenvalue weighted by Gasteiger charge is 2.22. The van der Waals surface area contributed by atoms with Crippen LogP contribution in [0.1, 0.15) is 28.4 Å². The van der Waals surface area contributed by atoms with Gasteiger partial charge in [-0.25, -0.2) is 20.4 Å². The Morgan fingerprint density at radius 3 is 2.52 bits per heavy atom. The fourth-order valence-corrected chi connectivity index (χ4v) is 2.68. The van der Waals surface area contributed by atoms with Crippen LogP contribution < -0.4 is 11.2 Å². The minimum absolute atomic E-state index is 0.0911. The molecule has 0 atom stereocenters. The number of pyridine rings is 1. The van der Waals surface area contributed by atoms with Crippen LogP contribution in [0.5, 0.6) is 0 Å². The molecule has 0 saturated carbocycles. The standard InChI is InChI=1S/C21H22N8O2/c1-12(13-5-7-14(8-6-13)21(30)29(3)4)26-17(18(23)24-2)20-28-27-19(31-20)15-9-10-25-16(22)11-15/h5-11,23,28H,2H2,1,3-4H3,(H2,22,25). The van der Waals surface area contributed by atoms with Gasteiger partial charge in [-0.15, -0.1) is 5.10 Å². The number of nitrogens with zero attached hydrogens (tertiary/aromatic N) is 5. The second-order valence-corrected chi connectivity index (χ2v) is 6.76. The summed E-state index contributed by atoms with van der Waals surface area (Å²) in [6.07, 6.45) is 1.54. The summed E-state index contributed by atoms with van der Waals surface area (Å²) < 4.78 is 5.75. The van der Waals surface area contributed by atoms with Crippen molar-refractivity contribution in [2.45, 2.75) is 6.92 Å². The molecule has 10 nitrogen and oxygen atoms in total. The van der Waals surface area contributed by atoms with Gasteiger partial charge in [0, 0.05) is 37.1 Å². The Balaban J connectivity index is 1.90. The van der Waals surface area contributed by atoms with E-state index in [2.05, 4.69) is 32.2 Å². The van der Waals surface area contributed by atoms with Gasteiger partial charge in [0.1, 0.15) is 5.82 Å². The molecule has 3 rings (SSSR count). The van der Waals surface area contributed by atoms with E-state index in [4.69, 9.17) is 15.9 Å². The Hall–Kier alpha value is -4.34. The van der Waals surface area contributed by atoms with Crippen molar-refractivity contribution in [3.05, 3.63) is 70.9 Å². The van der Waals surface area contributed by atoms with E-state index >= 15 is 0 Å². The van der Waals surface area contributed by atoms with Gasteiger partial charge in [0.2, 0.25) is 11.8 Å². The molecule has 31 heavy (non-hydrogen) atoms. The van der Waals surface area contributed by atoms with E-state index in [1.54, 1.807) is 63.6 Å². The molecule has 2 heterocycles. The van der Waals surface area contributed by atoms with Gasteiger partial charge in [-0.05, 0) is 43.5 Å². The zero-order valence-electron chi connectivity index (χ0n) is 17.4. The molecule has 0 spiro atoms. The van der Waals surface area contributed by atoms with Crippen LogP contribution in [0.4, 0.5) is 5.82 Å². The smallest absolute Gasteiger partial charge is 0.253 e. The summed E-state index contributed by atoms with van der Waals surface area (Å²) in [4.78, 5) is 25.7. The molecule has 2 aromatic rings. The minimum Gasteiger partial charge on any atom is -0.417 e. The van der Waals surface area contributed by atoms with Crippen molar-refractivity contribution < 1.29 is 9.53 Å². The summed E-state index contributed by atoms with van der Waals surface area (Å²) in [6, 6.07) is 10.3. The molecule has 1 aromatic carbocycles. The van der Waals surface area contributed by atoms with Crippen molar-refractivity contribution >= 4 is 35.9 Å². The van der Waals surface area contributed by atoms with E-state index in [9.17, 15) is 4.79 Å². The molecule has 0 bridgehead atoms. The average molecular weight is 418 g/mol. The molecule has 1 amide bonds. The van der Waals surface area contributed by atoms with Crippen molar-refractivity contribution in [1.82, 2.24) is 15.3 Å². The summed E-state index contributed by atoms with van der Waals surface area (Å²) in [7, 11) is 3.39. The number of aromatic nitrogens is 1. The molecule has 0 radical (unpaired) electrons. The molecule has 4 N–H and O–H groups in total. The zero-order valence-corrected chi connectivity index (χ0v) is 17.4. The van der Waals surface area contributed by atoms with Crippen LogP contribution in [0.3, 0.4) is 0 Å². The first-order chi connectivity index (χ1) is 14.8. The number of nitrogens with one attached hydrogen (secondary N) is 2. The Labute approximate surface area is 179 Å². The zero-order chi connectivity index (χ0) is 22.5. The number of anilines is 1. The molecule has 1 aliphatic heterocycles. The van der Waals surface area contributed by atoms with Gasteiger partial charge in [-0.1, -0.05) is 12.1 Å². The fraction of sp³-hybridized carbons (Fsp3) is 0.143.